The van der Waals surface area contributed by atoms with Gasteiger partial charge in [0.15, 0.2) is 0 Å². The molecular weight excluding hydrogens is 276 g/mol. The van der Waals surface area contributed by atoms with E-state index in [9.17, 15) is 4.79 Å². The Bertz CT molecular complexity index is 781. The van der Waals surface area contributed by atoms with E-state index in [1.54, 1.807) is 18.5 Å². The molecule has 1 aromatic carbocycles. The number of carbonyl (C=O) groups is 1. The highest BCUT2D eigenvalue weighted by Gasteiger charge is 2.13. The van der Waals surface area contributed by atoms with Crippen molar-refractivity contribution in [1.82, 2.24) is 20.2 Å². The Balaban J connectivity index is 1.86. The van der Waals surface area contributed by atoms with Crippen LogP contribution in [0.3, 0.4) is 0 Å². The first-order valence-electron chi connectivity index (χ1n) is 6.06. The third-order valence-corrected chi connectivity index (χ3v) is 2.65. The number of nitrogens with zero attached hydrogens (tertiary/aromatic N) is 4. The Morgan fingerprint density at radius 2 is 2.10 bits per heavy atom. The minimum atomic E-state index is -1.06. The monoisotopic (exact) mass is 286 g/mol. The standard InChI is InChI=1S/C13H10N4O4/c18-11(19)7-20-6-10-16-17-13(21-10)8-2-1-3-9-12(8)15-5-4-14-9/h1-5H,6-7H2,(H,18,19). The van der Waals surface area contributed by atoms with Crippen molar-refractivity contribution < 1.29 is 19.1 Å². The lowest BCUT2D eigenvalue weighted by molar-refractivity contribution is -0.142. The van der Waals surface area contributed by atoms with Crippen LogP contribution in [0, 0.1) is 0 Å². The molecule has 3 aromatic rings. The highest BCUT2D eigenvalue weighted by molar-refractivity contribution is 5.88. The van der Waals surface area contributed by atoms with E-state index in [-0.39, 0.29) is 18.4 Å². The summed E-state index contributed by atoms with van der Waals surface area (Å²) in [5.74, 6) is -0.568. The third-order valence-electron chi connectivity index (χ3n) is 2.65. The summed E-state index contributed by atoms with van der Waals surface area (Å²) in [4.78, 5) is 18.8. The van der Waals surface area contributed by atoms with Crippen LogP contribution in [0.15, 0.2) is 35.0 Å². The molecule has 0 saturated carbocycles. The first kappa shape index (κ1) is 13.1. The van der Waals surface area contributed by atoms with Crippen molar-refractivity contribution in [2.24, 2.45) is 0 Å². The van der Waals surface area contributed by atoms with Gasteiger partial charge in [-0.25, -0.2) is 4.79 Å². The topological polar surface area (TPSA) is 111 Å². The zero-order valence-electron chi connectivity index (χ0n) is 10.8. The van der Waals surface area contributed by atoms with Crippen LogP contribution < -0.4 is 0 Å². The number of fused-ring (bicyclic) bond motifs is 1. The predicted octanol–water partition coefficient (Wildman–Crippen LogP) is 1.28. The molecule has 8 heteroatoms. The fourth-order valence-corrected chi connectivity index (χ4v) is 1.81. The number of carboxylic acids is 1. The molecule has 0 aliphatic rings. The van der Waals surface area contributed by atoms with Crippen LogP contribution in [0.5, 0.6) is 0 Å². The second-order valence-electron chi connectivity index (χ2n) is 4.12. The smallest absolute Gasteiger partial charge is 0.329 e. The normalized spacial score (nSPS) is 10.9. The molecule has 0 radical (unpaired) electrons. The summed E-state index contributed by atoms with van der Waals surface area (Å²) >= 11 is 0. The van der Waals surface area contributed by atoms with Gasteiger partial charge in [0.2, 0.25) is 11.8 Å². The number of aliphatic carboxylic acids is 1. The van der Waals surface area contributed by atoms with E-state index < -0.39 is 12.6 Å². The Morgan fingerprint density at radius 1 is 1.24 bits per heavy atom. The quantitative estimate of drug-likeness (QED) is 0.746. The molecule has 0 saturated heterocycles. The molecule has 0 amide bonds. The number of hydrogen-bond acceptors (Lipinski definition) is 7. The van der Waals surface area contributed by atoms with Gasteiger partial charge < -0.3 is 14.3 Å². The average Bonchev–Trinajstić information content (AvgIpc) is 2.95. The first-order chi connectivity index (χ1) is 10.2. The minimum Gasteiger partial charge on any atom is -0.480 e. The van der Waals surface area contributed by atoms with Crippen molar-refractivity contribution in [3.8, 4) is 11.5 Å². The zero-order chi connectivity index (χ0) is 14.7. The van der Waals surface area contributed by atoms with Crippen molar-refractivity contribution in [3.05, 3.63) is 36.5 Å². The molecule has 0 atom stereocenters. The number of aromatic nitrogens is 4. The molecule has 0 fully saturated rings. The molecule has 0 spiro atoms. The molecule has 21 heavy (non-hydrogen) atoms. The molecule has 106 valence electrons. The van der Waals surface area contributed by atoms with Gasteiger partial charge in [-0.15, -0.1) is 10.2 Å². The van der Waals surface area contributed by atoms with Gasteiger partial charge in [0.25, 0.3) is 0 Å². The molecule has 1 N–H and O–H groups in total. The maximum atomic E-state index is 10.4. The van der Waals surface area contributed by atoms with Gasteiger partial charge in [-0.3, -0.25) is 9.97 Å². The number of benzene rings is 1. The Kier molecular flexibility index (Phi) is 3.52. The highest BCUT2D eigenvalue weighted by atomic mass is 16.5. The van der Waals surface area contributed by atoms with E-state index >= 15 is 0 Å². The minimum absolute atomic E-state index is 0.0598. The molecule has 2 aromatic heterocycles. The van der Waals surface area contributed by atoms with E-state index in [2.05, 4.69) is 20.2 Å². The van der Waals surface area contributed by atoms with Crippen LogP contribution in [0.4, 0.5) is 0 Å². The SMILES string of the molecule is O=C(O)COCc1nnc(-c2cccc3nccnc23)o1. The lowest BCUT2D eigenvalue weighted by Gasteiger charge is -2.00. The van der Waals surface area contributed by atoms with Crippen molar-refractivity contribution in [2.75, 3.05) is 6.61 Å². The Hall–Kier alpha value is -2.87. The van der Waals surface area contributed by atoms with Crippen LogP contribution in [-0.2, 0) is 16.1 Å². The lowest BCUT2D eigenvalue weighted by atomic mass is 10.2. The molecule has 8 nitrogen and oxygen atoms in total. The largest absolute Gasteiger partial charge is 0.480 e. The van der Waals surface area contributed by atoms with E-state index in [1.165, 1.54) is 0 Å². The van der Waals surface area contributed by atoms with Gasteiger partial charge in [-0.05, 0) is 12.1 Å². The maximum absolute atomic E-state index is 10.4. The number of hydrogen-bond donors (Lipinski definition) is 1. The van der Waals surface area contributed by atoms with Gasteiger partial charge in [-0.2, -0.15) is 0 Å². The Morgan fingerprint density at radius 3 is 2.95 bits per heavy atom. The van der Waals surface area contributed by atoms with E-state index in [0.29, 0.717) is 11.1 Å². The van der Waals surface area contributed by atoms with Crippen molar-refractivity contribution >= 4 is 17.0 Å². The molecule has 3 rings (SSSR count). The predicted molar refractivity (Wildman–Crippen MR) is 70.1 cm³/mol. The summed E-state index contributed by atoms with van der Waals surface area (Å²) in [5.41, 5.74) is 2.04. The van der Waals surface area contributed by atoms with Crippen LogP contribution in [-0.4, -0.2) is 37.8 Å². The van der Waals surface area contributed by atoms with Crippen molar-refractivity contribution in [1.29, 1.82) is 0 Å². The van der Waals surface area contributed by atoms with Crippen LogP contribution in [0.2, 0.25) is 0 Å². The molecule has 0 aliphatic heterocycles. The van der Waals surface area contributed by atoms with E-state index in [1.807, 2.05) is 12.1 Å². The first-order valence-corrected chi connectivity index (χ1v) is 6.06. The fraction of sp³-hybridized carbons (Fsp3) is 0.154. The molecule has 0 aliphatic carbocycles. The summed E-state index contributed by atoms with van der Waals surface area (Å²) in [5, 5.41) is 16.2. The number of carboxylic acid groups (broad SMARTS) is 1. The summed E-state index contributed by atoms with van der Waals surface area (Å²) in [6.07, 6.45) is 3.18. The van der Waals surface area contributed by atoms with E-state index in [4.69, 9.17) is 14.3 Å². The van der Waals surface area contributed by atoms with Crippen molar-refractivity contribution in [3.63, 3.8) is 0 Å². The van der Waals surface area contributed by atoms with Gasteiger partial charge in [-0.1, -0.05) is 6.07 Å². The highest BCUT2D eigenvalue weighted by Crippen LogP contribution is 2.24. The summed E-state index contributed by atoms with van der Waals surface area (Å²) in [6, 6.07) is 5.45. The maximum Gasteiger partial charge on any atom is 0.329 e. The molecule has 2 heterocycles. The van der Waals surface area contributed by atoms with Gasteiger partial charge in [0, 0.05) is 12.4 Å². The van der Waals surface area contributed by atoms with Crippen molar-refractivity contribution in [2.45, 2.75) is 6.61 Å². The second kappa shape index (κ2) is 5.63. The molecular formula is C13H10N4O4. The molecule has 0 bridgehead atoms. The molecule has 0 unspecified atom stereocenters. The lowest BCUT2D eigenvalue weighted by Crippen LogP contribution is -2.06. The van der Waals surface area contributed by atoms with Crippen LogP contribution in [0.1, 0.15) is 5.89 Å². The average molecular weight is 286 g/mol. The summed E-state index contributed by atoms with van der Waals surface area (Å²) < 4.78 is 10.3. The van der Waals surface area contributed by atoms with E-state index in [0.717, 1.165) is 5.52 Å². The summed E-state index contributed by atoms with van der Waals surface area (Å²) in [6.45, 7) is -0.479. The van der Waals surface area contributed by atoms with Crippen LogP contribution >= 0.6 is 0 Å². The number of ether oxygens (including phenoxy) is 1. The zero-order valence-corrected chi connectivity index (χ0v) is 10.8. The summed E-state index contributed by atoms with van der Waals surface area (Å²) in [7, 11) is 0. The van der Waals surface area contributed by atoms with Gasteiger partial charge in [0.05, 0.1) is 11.1 Å². The van der Waals surface area contributed by atoms with Gasteiger partial charge in [0.1, 0.15) is 18.7 Å². The third kappa shape index (κ3) is 2.84. The van der Waals surface area contributed by atoms with Crippen LogP contribution in [0.25, 0.3) is 22.5 Å². The number of para-hydroxylation sites is 1. The van der Waals surface area contributed by atoms with Gasteiger partial charge >= 0.3 is 5.97 Å². The Labute approximate surface area is 118 Å². The second-order valence-corrected chi connectivity index (χ2v) is 4.12. The fourth-order valence-electron chi connectivity index (χ4n) is 1.81. The number of rotatable bonds is 5.